The van der Waals surface area contributed by atoms with Gasteiger partial charge in [0.1, 0.15) is 0 Å². The summed E-state index contributed by atoms with van der Waals surface area (Å²) in [5, 5.41) is 9.79. The minimum atomic E-state index is -0.286. The maximum atomic E-state index is 9.79. The van der Waals surface area contributed by atoms with E-state index in [9.17, 15) is 5.11 Å². The molecule has 0 radical (unpaired) electrons. The fourth-order valence-electron chi connectivity index (χ4n) is 1.85. The molecular formula is C11H18N4O. The van der Waals surface area contributed by atoms with Crippen molar-refractivity contribution in [3.8, 4) is 0 Å². The average Bonchev–Trinajstić information content (AvgIpc) is 2.33. The number of rotatable bonds is 2. The van der Waals surface area contributed by atoms with Crippen LogP contribution < -0.4 is 10.6 Å². The third-order valence-electron chi connectivity index (χ3n) is 3.13. The van der Waals surface area contributed by atoms with Crippen molar-refractivity contribution in [3.05, 3.63) is 18.0 Å². The smallest absolute Gasteiger partial charge is 0.225 e. The number of anilines is 1. The Kier molecular flexibility index (Phi) is 3.36. The standard InChI is InChI=1S/C11H18N4O/c1-8-2-3-15(7-10(8)16)11-13-5-9(4-12)6-14-11/h5-6,8,10,16H,2-4,7,12H2,1H3. The Bertz CT molecular complexity index is 340. The molecule has 1 fully saturated rings. The quantitative estimate of drug-likeness (QED) is 0.744. The van der Waals surface area contributed by atoms with Gasteiger partial charge < -0.3 is 15.7 Å². The van der Waals surface area contributed by atoms with Crippen molar-refractivity contribution in [3.63, 3.8) is 0 Å². The van der Waals surface area contributed by atoms with Gasteiger partial charge >= 0.3 is 0 Å². The van der Waals surface area contributed by atoms with Crippen LogP contribution in [0.3, 0.4) is 0 Å². The molecule has 0 bridgehead atoms. The molecule has 2 atom stereocenters. The molecule has 16 heavy (non-hydrogen) atoms. The monoisotopic (exact) mass is 222 g/mol. The predicted octanol–water partition coefficient (Wildman–Crippen LogP) is 0.142. The molecule has 0 spiro atoms. The lowest BCUT2D eigenvalue weighted by atomic mass is 9.96. The second kappa shape index (κ2) is 4.76. The summed E-state index contributed by atoms with van der Waals surface area (Å²) >= 11 is 0. The van der Waals surface area contributed by atoms with Gasteiger partial charge in [-0.1, -0.05) is 6.92 Å². The van der Waals surface area contributed by atoms with E-state index in [0.29, 0.717) is 25.0 Å². The minimum Gasteiger partial charge on any atom is -0.391 e. The van der Waals surface area contributed by atoms with E-state index in [1.54, 1.807) is 12.4 Å². The van der Waals surface area contributed by atoms with Gasteiger partial charge in [0.25, 0.3) is 0 Å². The van der Waals surface area contributed by atoms with Crippen molar-refractivity contribution < 1.29 is 5.11 Å². The van der Waals surface area contributed by atoms with Crippen LogP contribution in [-0.2, 0) is 6.54 Å². The number of nitrogens with two attached hydrogens (primary N) is 1. The highest BCUT2D eigenvalue weighted by molar-refractivity contribution is 5.31. The average molecular weight is 222 g/mol. The number of aliphatic hydroxyl groups excluding tert-OH is 1. The molecule has 1 saturated heterocycles. The summed E-state index contributed by atoms with van der Waals surface area (Å²) in [6, 6.07) is 0. The Morgan fingerprint density at radius 3 is 2.75 bits per heavy atom. The van der Waals surface area contributed by atoms with Crippen LogP contribution >= 0.6 is 0 Å². The maximum Gasteiger partial charge on any atom is 0.225 e. The van der Waals surface area contributed by atoms with Gasteiger partial charge in [-0.2, -0.15) is 0 Å². The van der Waals surface area contributed by atoms with Crippen molar-refractivity contribution in [2.75, 3.05) is 18.0 Å². The molecule has 2 heterocycles. The van der Waals surface area contributed by atoms with Gasteiger partial charge in [-0.25, -0.2) is 9.97 Å². The largest absolute Gasteiger partial charge is 0.391 e. The number of aliphatic hydroxyl groups is 1. The van der Waals surface area contributed by atoms with E-state index in [4.69, 9.17) is 5.73 Å². The van der Waals surface area contributed by atoms with Gasteiger partial charge in [0.15, 0.2) is 0 Å². The molecule has 0 amide bonds. The fraction of sp³-hybridized carbons (Fsp3) is 0.636. The first-order chi connectivity index (χ1) is 7.70. The Hall–Kier alpha value is -1.20. The molecule has 0 aliphatic carbocycles. The topological polar surface area (TPSA) is 75.3 Å². The molecule has 3 N–H and O–H groups in total. The van der Waals surface area contributed by atoms with Crippen LogP contribution in [0.2, 0.25) is 0 Å². The van der Waals surface area contributed by atoms with Gasteiger partial charge in [-0.05, 0) is 12.3 Å². The number of nitrogens with zero attached hydrogens (tertiary/aromatic N) is 3. The lowest BCUT2D eigenvalue weighted by Crippen LogP contribution is -2.43. The molecule has 2 unspecified atom stereocenters. The lowest BCUT2D eigenvalue weighted by molar-refractivity contribution is 0.102. The molecule has 1 aliphatic heterocycles. The highest BCUT2D eigenvalue weighted by atomic mass is 16.3. The molecule has 88 valence electrons. The number of piperidine rings is 1. The van der Waals surface area contributed by atoms with Crippen molar-refractivity contribution in [1.82, 2.24) is 9.97 Å². The van der Waals surface area contributed by atoms with Crippen molar-refractivity contribution in [1.29, 1.82) is 0 Å². The summed E-state index contributed by atoms with van der Waals surface area (Å²) < 4.78 is 0. The van der Waals surface area contributed by atoms with E-state index in [2.05, 4.69) is 16.9 Å². The highest BCUT2D eigenvalue weighted by Gasteiger charge is 2.25. The zero-order valence-corrected chi connectivity index (χ0v) is 9.50. The van der Waals surface area contributed by atoms with E-state index in [1.807, 2.05) is 4.90 Å². The summed E-state index contributed by atoms with van der Waals surface area (Å²) in [6.45, 7) is 4.05. The van der Waals surface area contributed by atoms with Crippen LogP contribution in [0.25, 0.3) is 0 Å². The van der Waals surface area contributed by atoms with Crippen LogP contribution in [-0.4, -0.2) is 34.3 Å². The minimum absolute atomic E-state index is 0.286. The molecule has 5 heteroatoms. The first kappa shape index (κ1) is 11.3. The van der Waals surface area contributed by atoms with Gasteiger partial charge in [0.2, 0.25) is 5.95 Å². The second-order valence-electron chi connectivity index (χ2n) is 4.37. The van der Waals surface area contributed by atoms with E-state index in [0.717, 1.165) is 18.5 Å². The molecule has 0 aromatic carbocycles. The van der Waals surface area contributed by atoms with E-state index < -0.39 is 0 Å². The molecule has 2 rings (SSSR count). The Morgan fingerprint density at radius 2 is 2.19 bits per heavy atom. The summed E-state index contributed by atoms with van der Waals surface area (Å²) in [6.07, 6.45) is 4.18. The van der Waals surface area contributed by atoms with Gasteiger partial charge in [-0.3, -0.25) is 0 Å². The fourth-order valence-corrected chi connectivity index (χ4v) is 1.85. The van der Waals surface area contributed by atoms with Gasteiger partial charge in [0, 0.05) is 37.6 Å². The normalized spacial score (nSPS) is 25.8. The summed E-state index contributed by atoms with van der Waals surface area (Å²) in [4.78, 5) is 10.5. The van der Waals surface area contributed by atoms with E-state index >= 15 is 0 Å². The third kappa shape index (κ3) is 2.31. The molecule has 1 aromatic heterocycles. The zero-order chi connectivity index (χ0) is 11.5. The van der Waals surface area contributed by atoms with Crippen molar-refractivity contribution >= 4 is 5.95 Å². The molecule has 0 saturated carbocycles. The summed E-state index contributed by atoms with van der Waals surface area (Å²) in [7, 11) is 0. The van der Waals surface area contributed by atoms with Crippen LogP contribution in [0.1, 0.15) is 18.9 Å². The molecular weight excluding hydrogens is 204 g/mol. The van der Waals surface area contributed by atoms with Crippen molar-refractivity contribution in [2.24, 2.45) is 11.7 Å². The van der Waals surface area contributed by atoms with Gasteiger partial charge in [0.05, 0.1) is 6.10 Å². The Morgan fingerprint density at radius 1 is 1.50 bits per heavy atom. The molecule has 1 aromatic rings. The van der Waals surface area contributed by atoms with Crippen LogP contribution in [0.5, 0.6) is 0 Å². The first-order valence-electron chi connectivity index (χ1n) is 5.64. The second-order valence-corrected chi connectivity index (χ2v) is 4.37. The molecule has 1 aliphatic rings. The number of hydrogen-bond acceptors (Lipinski definition) is 5. The highest BCUT2D eigenvalue weighted by Crippen LogP contribution is 2.20. The maximum absolute atomic E-state index is 9.79. The third-order valence-corrected chi connectivity index (χ3v) is 3.13. The van der Waals surface area contributed by atoms with Crippen LogP contribution in [0.15, 0.2) is 12.4 Å². The van der Waals surface area contributed by atoms with Crippen molar-refractivity contribution in [2.45, 2.75) is 26.0 Å². The summed E-state index contributed by atoms with van der Waals surface area (Å²) in [5.41, 5.74) is 6.41. The molecule has 5 nitrogen and oxygen atoms in total. The Balaban J connectivity index is 2.06. The zero-order valence-electron chi connectivity index (χ0n) is 9.50. The first-order valence-corrected chi connectivity index (χ1v) is 5.64. The SMILES string of the molecule is CC1CCN(c2ncc(CN)cn2)CC1O. The number of hydrogen-bond donors (Lipinski definition) is 2. The van der Waals surface area contributed by atoms with Crippen LogP contribution in [0.4, 0.5) is 5.95 Å². The lowest BCUT2D eigenvalue weighted by Gasteiger charge is -2.34. The van der Waals surface area contributed by atoms with E-state index in [1.165, 1.54) is 0 Å². The van der Waals surface area contributed by atoms with E-state index in [-0.39, 0.29) is 6.10 Å². The number of β-amino-alcohol motifs (C(OH)–C–C–N with tert-alkyl or cyclic N) is 1. The Labute approximate surface area is 95.3 Å². The predicted molar refractivity (Wildman–Crippen MR) is 61.9 cm³/mol. The number of aromatic nitrogens is 2. The van der Waals surface area contributed by atoms with Crippen LogP contribution in [0, 0.1) is 5.92 Å². The van der Waals surface area contributed by atoms with Gasteiger partial charge in [-0.15, -0.1) is 0 Å². The summed E-state index contributed by atoms with van der Waals surface area (Å²) in [5.74, 6) is 1.04.